The second kappa shape index (κ2) is 8.44. The fourth-order valence-corrected chi connectivity index (χ4v) is 4.18. The zero-order valence-electron chi connectivity index (χ0n) is 17.3. The van der Waals surface area contributed by atoms with Gasteiger partial charge in [0.25, 0.3) is 0 Å². The van der Waals surface area contributed by atoms with Crippen LogP contribution in [0.4, 0.5) is 5.69 Å². The second-order valence-corrected chi connectivity index (χ2v) is 7.86. The summed E-state index contributed by atoms with van der Waals surface area (Å²) in [6, 6.07) is 10.9. The summed E-state index contributed by atoms with van der Waals surface area (Å²) < 4.78 is 13.5. The van der Waals surface area contributed by atoms with Crippen LogP contribution in [0.3, 0.4) is 0 Å². The fraction of sp³-hybridized carbons (Fsp3) is 0.435. The van der Waals surface area contributed by atoms with Crippen LogP contribution in [0.5, 0.6) is 0 Å². The van der Waals surface area contributed by atoms with Gasteiger partial charge in [-0.2, -0.15) is 5.10 Å². The van der Waals surface area contributed by atoms with Gasteiger partial charge < -0.3 is 14.8 Å². The molecule has 156 valence electrons. The monoisotopic (exact) mass is 405 g/mol. The third-order valence-electron chi connectivity index (χ3n) is 5.79. The molecule has 2 aliphatic rings. The van der Waals surface area contributed by atoms with E-state index in [-0.39, 0.29) is 6.04 Å². The first-order valence-electron chi connectivity index (χ1n) is 10.8. The van der Waals surface area contributed by atoms with Gasteiger partial charge in [0, 0.05) is 32.0 Å². The van der Waals surface area contributed by atoms with Gasteiger partial charge >= 0.3 is 0 Å². The lowest BCUT2D eigenvalue weighted by Crippen LogP contribution is -2.28. The molecule has 1 fully saturated rings. The van der Waals surface area contributed by atoms with Crippen LogP contribution in [0.2, 0.25) is 0 Å². The summed E-state index contributed by atoms with van der Waals surface area (Å²) in [7, 11) is 0. The Bertz CT molecular complexity index is 1040. The molecular formula is C23H27N5O2. The molecule has 2 aliphatic heterocycles. The summed E-state index contributed by atoms with van der Waals surface area (Å²) in [5.74, 6) is 0.670. The molecule has 0 saturated carbocycles. The Morgan fingerprint density at radius 2 is 1.97 bits per heavy atom. The van der Waals surface area contributed by atoms with Crippen molar-refractivity contribution in [1.29, 1.82) is 0 Å². The van der Waals surface area contributed by atoms with Crippen LogP contribution in [0.25, 0.3) is 11.0 Å². The Balaban J connectivity index is 1.48. The zero-order valence-corrected chi connectivity index (χ0v) is 17.3. The van der Waals surface area contributed by atoms with Gasteiger partial charge in [0.1, 0.15) is 6.61 Å². The number of aliphatic imine (C=N–C) groups is 1. The smallest absolute Gasteiger partial charge is 0.220 e. The summed E-state index contributed by atoms with van der Waals surface area (Å²) in [6.45, 7) is 5.01. The van der Waals surface area contributed by atoms with E-state index in [2.05, 4.69) is 41.6 Å². The standard InChI is InChI=1S/C23H27N5O2/c1-2-28-22-19(14-25-28)21(26-17-8-10-29-11-9-17)20(13-24-22)23-27-18(15-30-23)12-16-6-4-3-5-7-16/h3-7,13-14,17-18H,2,8-12,15H2,1H3,(H,24,26)/t18-/m1/s1. The summed E-state index contributed by atoms with van der Waals surface area (Å²) in [5, 5.41) is 9.26. The number of anilines is 1. The molecule has 1 atom stereocenters. The van der Waals surface area contributed by atoms with Gasteiger partial charge in [-0.15, -0.1) is 0 Å². The number of aromatic nitrogens is 3. The largest absolute Gasteiger partial charge is 0.475 e. The number of benzene rings is 1. The van der Waals surface area contributed by atoms with Crippen molar-refractivity contribution < 1.29 is 9.47 Å². The Hall–Kier alpha value is -2.93. The average Bonchev–Trinajstić information content (AvgIpc) is 3.42. The number of hydrogen-bond acceptors (Lipinski definition) is 6. The third-order valence-corrected chi connectivity index (χ3v) is 5.79. The number of aryl methyl sites for hydroxylation is 1. The third kappa shape index (κ3) is 3.77. The van der Waals surface area contributed by atoms with E-state index in [9.17, 15) is 0 Å². The second-order valence-electron chi connectivity index (χ2n) is 7.86. The molecule has 0 unspecified atom stereocenters. The van der Waals surface area contributed by atoms with Crippen molar-refractivity contribution >= 4 is 22.6 Å². The maximum absolute atomic E-state index is 6.05. The highest BCUT2D eigenvalue weighted by molar-refractivity contribution is 6.07. The maximum atomic E-state index is 6.05. The van der Waals surface area contributed by atoms with E-state index in [1.165, 1.54) is 5.56 Å². The molecule has 0 spiro atoms. The van der Waals surface area contributed by atoms with Crippen molar-refractivity contribution in [2.45, 2.75) is 44.8 Å². The van der Waals surface area contributed by atoms with Crippen LogP contribution in [-0.4, -0.2) is 52.6 Å². The van der Waals surface area contributed by atoms with Crippen molar-refractivity contribution in [2.24, 2.45) is 4.99 Å². The zero-order chi connectivity index (χ0) is 20.3. The first-order chi connectivity index (χ1) is 14.8. The molecule has 0 amide bonds. The first kappa shape index (κ1) is 19.1. The summed E-state index contributed by atoms with van der Waals surface area (Å²) >= 11 is 0. The highest BCUT2D eigenvalue weighted by Crippen LogP contribution is 2.30. The van der Waals surface area contributed by atoms with Crippen LogP contribution < -0.4 is 5.32 Å². The molecule has 30 heavy (non-hydrogen) atoms. The van der Waals surface area contributed by atoms with Gasteiger partial charge in [0.15, 0.2) is 5.65 Å². The van der Waals surface area contributed by atoms with E-state index in [0.29, 0.717) is 18.5 Å². The van der Waals surface area contributed by atoms with Gasteiger partial charge in [-0.1, -0.05) is 30.3 Å². The molecular weight excluding hydrogens is 378 g/mol. The van der Waals surface area contributed by atoms with E-state index in [1.807, 2.05) is 23.1 Å². The SMILES string of the molecule is CCn1ncc2c(NC3CCOCC3)c(C3=N[C@H](Cc4ccccc4)CO3)cnc21. The predicted octanol–water partition coefficient (Wildman–Crippen LogP) is 3.43. The molecule has 4 heterocycles. The molecule has 3 aromatic rings. The highest BCUT2D eigenvalue weighted by Gasteiger charge is 2.26. The molecule has 1 N–H and O–H groups in total. The number of hydrogen-bond donors (Lipinski definition) is 1. The molecule has 2 aromatic heterocycles. The summed E-state index contributed by atoms with van der Waals surface area (Å²) in [6.07, 6.45) is 6.61. The normalized spacial score (nSPS) is 19.6. The van der Waals surface area contributed by atoms with Crippen molar-refractivity contribution in [1.82, 2.24) is 14.8 Å². The van der Waals surface area contributed by atoms with Gasteiger partial charge in [0.2, 0.25) is 5.90 Å². The molecule has 1 saturated heterocycles. The van der Waals surface area contributed by atoms with Crippen LogP contribution in [0, 0.1) is 0 Å². The molecule has 7 nitrogen and oxygen atoms in total. The number of ether oxygens (including phenoxy) is 2. The maximum Gasteiger partial charge on any atom is 0.220 e. The minimum Gasteiger partial charge on any atom is -0.475 e. The lowest BCUT2D eigenvalue weighted by Gasteiger charge is -2.25. The van der Waals surface area contributed by atoms with Crippen LogP contribution in [0.1, 0.15) is 30.9 Å². The topological polar surface area (TPSA) is 73.6 Å². The van der Waals surface area contributed by atoms with E-state index >= 15 is 0 Å². The van der Waals surface area contributed by atoms with Crippen molar-refractivity contribution in [3.8, 4) is 0 Å². The lowest BCUT2D eigenvalue weighted by molar-refractivity contribution is 0.0905. The fourth-order valence-electron chi connectivity index (χ4n) is 4.18. The van der Waals surface area contributed by atoms with Gasteiger partial charge in [0.05, 0.1) is 28.9 Å². The van der Waals surface area contributed by atoms with Crippen molar-refractivity contribution in [3.05, 3.63) is 53.9 Å². The summed E-state index contributed by atoms with van der Waals surface area (Å²) in [5.41, 5.74) is 4.09. The number of pyridine rings is 1. The van der Waals surface area contributed by atoms with Crippen LogP contribution in [0.15, 0.2) is 47.7 Å². The number of fused-ring (bicyclic) bond motifs is 1. The molecule has 0 bridgehead atoms. The van der Waals surface area contributed by atoms with Crippen LogP contribution in [-0.2, 0) is 22.4 Å². The van der Waals surface area contributed by atoms with E-state index in [0.717, 1.165) is 61.3 Å². The Morgan fingerprint density at radius 3 is 2.77 bits per heavy atom. The quantitative estimate of drug-likeness (QED) is 0.680. The lowest BCUT2D eigenvalue weighted by atomic mass is 10.1. The Labute approximate surface area is 176 Å². The number of rotatable bonds is 6. The van der Waals surface area contributed by atoms with Gasteiger partial charge in [-0.05, 0) is 31.7 Å². The first-order valence-corrected chi connectivity index (χ1v) is 10.8. The van der Waals surface area contributed by atoms with Gasteiger partial charge in [-0.3, -0.25) is 0 Å². The minimum atomic E-state index is 0.118. The number of nitrogens with zero attached hydrogens (tertiary/aromatic N) is 4. The van der Waals surface area contributed by atoms with E-state index < -0.39 is 0 Å². The molecule has 7 heteroatoms. The Morgan fingerprint density at radius 1 is 1.13 bits per heavy atom. The van der Waals surface area contributed by atoms with Crippen molar-refractivity contribution in [2.75, 3.05) is 25.1 Å². The van der Waals surface area contributed by atoms with Crippen molar-refractivity contribution in [3.63, 3.8) is 0 Å². The molecule has 0 aliphatic carbocycles. The highest BCUT2D eigenvalue weighted by atomic mass is 16.5. The number of nitrogens with one attached hydrogen (secondary N) is 1. The summed E-state index contributed by atoms with van der Waals surface area (Å²) in [4.78, 5) is 9.60. The predicted molar refractivity (Wildman–Crippen MR) is 117 cm³/mol. The molecule has 1 aromatic carbocycles. The average molecular weight is 406 g/mol. The van der Waals surface area contributed by atoms with E-state index in [4.69, 9.17) is 19.5 Å². The van der Waals surface area contributed by atoms with Gasteiger partial charge in [-0.25, -0.2) is 14.7 Å². The molecule has 5 rings (SSSR count). The van der Waals surface area contributed by atoms with Crippen LogP contribution >= 0.6 is 0 Å². The Kier molecular flexibility index (Phi) is 5.36. The van der Waals surface area contributed by atoms with E-state index in [1.54, 1.807) is 0 Å². The molecule has 0 radical (unpaired) electrons. The minimum absolute atomic E-state index is 0.118.